The fourth-order valence-electron chi connectivity index (χ4n) is 2.08. The Bertz CT molecular complexity index is 179. The van der Waals surface area contributed by atoms with Gasteiger partial charge < -0.3 is 9.84 Å². The van der Waals surface area contributed by atoms with E-state index in [0.29, 0.717) is 18.9 Å². The molecule has 13 heavy (non-hydrogen) atoms. The van der Waals surface area contributed by atoms with Gasteiger partial charge in [0.1, 0.15) is 0 Å². The average molecular weight is 186 g/mol. The maximum absolute atomic E-state index is 11.4. The van der Waals surface area contributed by atoms with Crippen LogP contribution >= 0.6 is 0 Å². The molecule has 76 valence electrons. The van der Waals surface area contributed by atoms with E-state index in [0.717, 1.165) is 12.8 Å². The first-order valence-corrected chi connectivity index (χ1v) is 5.03. The molecule has 0 aromatic carbocycles. The lowest BCUT2D eigenvalue weighted by Gasteiger charge is -2.15. The fraction of sp³-hybridized carbons (Fsp3) is 0.900. The van der Waals surface area contributed by atoms with Crippen LogP contribution in [0, 0.1) is 11.8 Å². The molecule has 3 nitrogen and oxygen atoms in total. The molecule has 1 aliphatic carbocycles. The largest absolute Gasteiger partial charge is 0.466 e. The van der Waals surface area contributed by atoms with E-state index < -0.39 is 0 Å². The van der Waals surface area contributed by atoms with E-state index in [-0.39, 0.29) is 18.0 Å². The lowest BCUT2D eigenvalue weighted by Crippen LogP contribution is -2.21. The normalized spacial score (nSPS) is 33.3. The second kappa shape index (κ2) is 4.61. The molecule has 0 saturated heterocycles. The van der Waals surface area contributed by atoms with Crippen LogP contribution in [-0.2, 0) is 9.53 Å². The van der Waals surface area contributed by atoms with Gasteiger partial charge in [0.2, 0.25) is 0 Å². The second-order valence-corrected chi connectivity index (χ2v) is 3.65. The van der Waals surface area contributed by atoms with Gasteiger partial charge in [-0.1, -0.05) is 13.3 Å². The van der Waals surface area contributed by atoms with Crippen molar-refractivity contribution in [3.63, 3.8) is 0 Å². The number of carbonyl (C=O) groups is 1. The van der Waals surface area contributed by atoms with Gasteiger partial charge in [-0.25, -0.2) is 0 Å². The van der Waals surface area contributed by atoms with Crippen molar-refractivity contribution in [2.75, 3.05) is 6.61 Å². The smallest absolute Gasteiger partial charge is 0.309 e. The minimum atomic E-state index is -0.306. The van der Waals surface area contributed by atoms with Crippen LogP contribution in [0.25, 0.3) is 0 Å². The van der Waals surface area contributed by atoms with Crippen LogP contribution < -0.4 is 0 Å². The van der Waals surface area contributed by atoms with Crippen LogP contribution in [0.2, 0.25) is 0 Å². The Labute approximate surface area is 79.1 Å². The Morgan fingerprint density at radius 2 is 2.15 bits per heavy atom. The van der Waals surface area contributed by atoms with Crippen molar-refractivity contribution in [3.8, 4) is 0 Å². The summed E-state index contributed by atoms with van der Waals surface area (Å²) in [7, 11) is 0. The Balaban J connectivity index is 2.52. The summed E-state index contributed by atoms with van der Waals surface area (Å²) in [4.78, 5) is 11.4. The monoisotopic (exact) mass is 186 g/mol. The number of carbonyl (C=O) groups excluding carboxylic acids is 1. The zero-order chi connectivity index (χ0) is 9.84. The summed E-state index contributed by atoms with van der Waals surface area (Å²) < 4.78 is 4.96. The highest BCUT2D eigenvalue weighted by atomic mass is 16.5. The molecule has 1 rings (SSSR count). The molecule has 0 spiro atoms. The van der Waals surface area contributed by atoms with Crippen molar-refractivity contribution in [2.24, 2.45) is 11.8 Å². The van der Waals surface area contributed by atoms with Crippen LogP contribution in [-0.4, -0.2) is 23.8 Å². The molecule has 3 atom stereocenters. The van der Waals surface area contributed by atoms with Crippen molar-refractivity contribution in [1.82, 2.24) is 0 Å². The summed E-state index contributed by atoms with van der Waals surface area (Å²) >= 11 is 0. The zero-order valence-corrected chi connectivity index (χ0v) is 8.32. The number of rotatable bonds is 3. The predicted molar refractivity (Wildman–Crippen MR) is 49.1 cm³/mol. The maximum atomic E-state index is 11.4. The van der Waals surface area contributed by atoms with E-state index in [4.69, 9.17) is 4.74 Å². The summed E-state index contributed by atoms with van der Waals surface area (Å²) in [5, 5.41) is 9.41. The third kappa shape index (κ3) is 2.44. The maximum Gasteiger partial charge on any atom is 0.309 e. The van der Waals surface area contributed by atoms with Crippen molar-refractivity contribution in [3.05, 3.63) is 0 Å². The topological polar surface area (TPSA) is 46.5 Å². The fourth-order valence-corrected chi connectivity index (χ4v) is 2.08. The number of hydrogen-bond donors (Lipinski definition) is 1. The van der Waals surface area contributed by atoms with Gasteiger partial charge in [-0.2, -0.15) is 0 Å². The first-order valence-electron chi connectivity index (χ1n) is 5.03. The molecule has 1 N–H and O–H groups in total. The lowest BCUT2D eigenvalue weighted by atomic mass is 9.94. The third-order valence-corrected chi connectivity index (χ3v) is 2.78. The van der Waals surface area contributed by atoms with E-state index in [1.54, 1.807) is 0 Å². The molecule has 0 heterocycles. The highest BCUT2D eigenvalue weighted by Gasteiger charge is 2.37. The van der Waals surface area contributed by atoms with Crippen LogP contribution in [0.5, 0.6) is 0 Å². The zero-order valence-electron chi connectivity index (χ0n) is 8.32. The summed E-state index contributed by atoms with van der Waals surface area (Å²) in [6, 6.07) is 0. The first-order chi connectivity index (χ1) is 6.19. The van der Waals surface area contributed by atoms with E-state index in [2.05, 4.69) is 6.92 Å². The van der Waals surface area contributed by atoms with Crippen LogP contribution in [0.4, 0.5) is 0 Å². The van der Waals surface area contributed by atoms with Crippen LogP contribution in [0.3, 0.4) is 0 Å². The first kappa shape index (κ1) is 10.5. The predicted octanol–water partition coefficient (Wildman–Crippen LogP) is 1.35. The van der Waals surface area contributed by atoms with Crippen molar-refractivity contribution in [2.45, 2.75) is 39.2 Å². The van der Waals surface area contributed by atoms with Gasteiger partial charge in [0.05, 0.1) is 18.6 Å². The van der Waals surface area contributed by atoms with Gasteiger partial charge in [0.15, 0.2) is 0 Å². The molecule has 1 saturated carbocycles. The Morgan fingerprint density at radius 1 is 1.46 bits per heavy atom. The van der Waals surface area contributed by atoms with Gasteiger partial charge in [0, 0.05) is 0 Å². The number of ether oxygens (including phenoxy) is 1. The molecule has 0 bridgehead atoms. The minimum absolute atomic E-state index is 0.0695. The third-order valence-electron chi connectivity index (χ3n) is 2.78. The second-order valence-electron chi connectivity index (χ2n) is 3.65. The van der Waals surface area contributed by atoms with Crippen LogP contribution in [0.1, 0.15) is 33.1 Å². The lowest BCUT2D eigenvalue weighted by molar-refractivity contribution is -0.149. The Kier molecular flexibility index (Phi) is 3.72. The Hall–Kier alpha value is -0.570. The van der Waals surface area contributed by atoms with Gasteiger partial charge in [-0.15, -0.1) is 0 Å². The van der Waals surface area contributed by atoms with E-state index in [9.17, 15) is 9.90 Å². The summed E-state index contributed by atoms with van der Waals surface area (Å²) in [6.45, 7) is 4.29. The highest BCUT2D eigenvalue weighted by Crippen LogP contribution is 2.34. The van der Waals surface area contributed by atoms with Gasteiger partial charge >= 0.3 is 5.97 Å². The number of esters is 1. The molecule has 3 heteroatoms. The molecule has 1 fully saturated rings. The highest BCUT2D eigenvalue weighted by molar-refractivity contribution is 5.73. The summed E-state index contributed by atoms with van der Waals surface area (Å²) in [5.41, 5.74) is 0. The minimum Gasteiger partial charge on any atom is -0.466 e. The molecular weight excluding hydrogens is 168 g/mol. The molecular formula is C10H18O3. The van der Waals surface area contributed by atoms with E-state index in [1.165, 1.54) is 0 Å². The van der Waals surface area contributed by atoms with E-state index in [1.807, 2.05) is 6.92 Å². The van der Waals surface area contributed by atoms with Crippen LogP contribution in [0.15, 0.2) is 0 Å². The molecule has 3 unspecified atom stereocenters. The number of aliphatic hydroxyl groups is 1. The molecule has 0 aliphatic heterocycles. The standard InChI is InChI=1S/C10H18O3/c1-3-7-5-8(11)6-9(7)10(12)13-4-2/h7-9,11H,3-6H2,1-2H3. The molecule has 0 radical (unpaired) electrons. The number of hydrogen-bond acceptors (Lipinski definition) is 3. The quantitative estimate of drug-likeness (QED) is 0.677. The SMILES string of the molecule is CCOC(=O)C1CC(O)CC1CC. The van der Waals surface area contributed by atoms with Crippen molar-refractivity contribution >= 4 is 5.97 Å². The number of aliphatic hydroxyl groups excluding tert-OH is 1. The van der Waals surface area contributed by atoms with Crippen molar-refractivity contribution in [1.29, 1.82) is 0 Å². The van der Waals surface area contributed by atoms with Crippen molar-refractivity contribution < 1.29 is 14.6 Å². The molecule has 0 aromatic heterocycles. The Morgan fingerprint density at radius 3 is 2.69 bits per heavy atom. The van der Waals surface area contributed by atoms with Gasteiger partial charge in [-0.3, -0.25) is 4.79 Å². The van der Waals surface area contributed by atoms with Gasteiger partial charge in [0.25, 0.3) is 0 Å². The molecule has 0 aromatic rings. The summed E-state index contributed by atoms with van der Waals surface area (Å²) in [5.74, 6) is 0.111. The summed E-state index contributed by atoms with van der Waals surface area (Å²) in [6.07, 6.45) is 1.97. The van der Waals surface area contributed by atoms with E-state index >= 15 is 0 Å². The average Bonchev–Trinajstić information content (AvgIpc) is 2.47. The van der Waals surface area contributed by atoms with Gasteiger partial charge in [-0.05, 0) is 25.7 Å². The molecule has 1 aliphatic rings. The molecule has 0 amide bonds.